The van der Waals surface area contributed by atoms with Crippen LogP contribution in [-0.4, -0.2) is 30.8 Å². The zero-order valence-electron chi connectivity index (χ0n) is 15.3. The van der Waals surface area contributed by atoms with Crippen molar-refractivity contribution in [2.45, 2.75) is 84.3 Å². The Kier molecular flexibility index (Phi) is 11.2. The minimum absolute atomic E-state index is 0.452. The maximum absolute atomic E-state index is 11.8. The van der Waals surface area contributed by atoms with Crippen molar-refractivity contribution >= 4 is 12.1 Å². The second kappa shape index (κ2) is 12.0. The number of esters is 1. The molecule has 1 unspecified atom stereocenters. The molecule has 0 aromatic carbocycles. The van der Waals surface area contributed by atoms with Crippen LogP contribution in [0.3, 0.4) is 0 Å². The summed E-state index contributed by atoms with van der Waals surface area (Å²) in [6.07, 6.45) is 10.8. The van der Waals surface area contributed by atoms with Crippen LogP contribution in [0, 0.1) is 0 Å². The van der Waals surface area contributed by atoms with E-state index in [1.807, 2.05) is 0 Å². The van der Waals surface area contributed by atoms with Gasteiger partial charge in [-0.15, -0.1) is 0 Å². The Bertz CT molecular complexity index is 372. The highest BCUT2D eigenvalue weighted by atomic mass is 16.6. The van der Waals surface area contributed by atoms with Crippen molar-refractivity contribution in [2.75, 3.05) is 7.11 Å². The molecule has 5 heteroatoms. The highest BCUT2D eigenvalue weighted by molar-refractivity contribution is 5.81. The van der Waals surface area contributed by atoms with Gasteiger partial charge in [0.05, 0.1) is 7.11 Å². The number of hydrogen-bond donors (Lipinski definition) is 1. The van der Waals surface area contributed by atoms with Crippen LogP contribution < -0.4 is 5.32 Å². The lowest BCUT2D eigenvalue weighted by molar-refractivity contribution is -0.143. The van der Waals surface area contributed by atoms with Crippen LogP contribution in [0.25, 0.3) is 0 Å². The number of hydrogen-bond acceptors (Lipinski definition) is 4. The van der Waals surface area contributed by atoms with E-state index in [-0.39, 0.29) is 0 Å². The Morgan fingerprint density at radius 1 is 1.09 bits per heavy atom. The van der Waals surface area contributed by atoms with Gasteiger partial charge < -0.3 is 14.8 Å². The van der Waals surface area contributed by atoms with E-state index in [1.54, 1.807) is 20.8 Å². The lowest BCUT2D eigenvalue weighted by Crippen LogP contribution is -2.43. The monoisotopic (exact) mass is 327 g/mol. The summed E-state index contributed by atoms with van der Waals surface area (Å²) >= 11 is 0. The van der Waals surface area contributed by atoms with Gasteiger partial charge in [-0.1, -0.05) is 38.3 Å². The molecule has 0 bridgehead atoms. The summed E-state index contributed by atoms with van der Waals surface area (Å²) in [4.78, 5) is 23.5. The number of unbranched alkanes of at least 4 members (excludes halogenated alkanes) is 4. The van der Waals surface area contributed by atoms with Crippen molar-refractivity contribution < 1.29 is 19.1 Å². The quantitative estimate of drug-likeness (QED) is 0.368. The number of carbonyl (C=O) groups is 2. The molecule has 0 aromatic heterocycles. The third-order valence-corrected chi connectivity index (χ3v) is 3.19. The molecule has 1 amide bonds. The predicted octanol–water partition coefficient (Wildman–Crippen LogP) is 4.36. The maximum atomic E-state index is 11.8. The van der Waals surface area contributed by atoms with Gasteiger partial charge in [-0.05, 0) is 46.5 Å². The number of allylic oxidation sites excluding steroid dienone is 2. The van der Waals surface area contributed by atoms with Crippen molar-refractivity contribution in [3.63, 3.8) is 0 Å². The van der Waals surface area contributed by atoms with Gasteiger partial charge in [0.15, 0.2) is 0 Å². The van der Waals surface area contributed by atoms with Crippen molar-refractivity contribution in [3.8, 4) is 0 Å². The van der Waals surface area contributed by atoms with Gasteiger partial charge in [-0.3, -0.25) is 0 Å². The van der Waals surface area contributed by atoms with Gasteiger partial charge in [-0.25, -0.2) is 9.59 Å². The highest BCUT2D eigenvalue weighted by Crippen LogP contribution is 2.09. The molecule has 0 aliphatic carbocycles. The van der Waals surface area contributed by atoms with Crippen molar-refractivity contribution in [2.24, 2.45) is 0 Å². The van der Waals surface area contributed by atoms with Gasteiger partial charge >= 0.3 is 12.1 Å². The van der Waals surface area contributed by atoms with E-state index in [1.165, 1.54) is 32.8 Å². The SMILES string of the molecule is CCCCCC/C=C/CCC(NC(=O)OC(C)(C)C)C(=O)OC. The Morgan fingerprint density at radius 3 is 2.30 bits per heavy atom. The van der Waals surface area contributed by atoms with E-state index >= 15 is 0 Å². The Morgan fingerprint density at radius 2 is 1.74 bits per heavy atom. The molecule has 1 N–H and O–H groups in total. The van der Waals surface area contributed by atoms with Gasteiger partial charge in [0.2, 0.25) is 0 Å². The molecule has 0 rings (SSSR count). The Hall–Kier alpha value is -1.52. The zero-order chi connectivity index (χ0) is 17.7. The molecule has 0 radical (unpaired) electrons. The molecule has 0 saturated carbocycles. The van der Waals surface area contributed by atoms with Gasteiger partial charge in [0.25, 0.3) is 0 Å². The molecule has 0 fully saturated rings. The average molecular weight is 327 g/mol. The lowest BCUT2D eigenvalue weighted by atomic mass is 10.1. The van der Waals surface area contributed by atoms with Crippen molar-refractivity contribution in [3.05, 3.63) is 12.2 Å². The van der Waals surface area contributed by atoms with E-state index in [0.717, 1.165) is 6.42 Å². The van der Waals surface area contributed by atoms with Crippen LogP contribution in [0.4, 0.5) is 4.79 Å². The number of methoxy groups -OCH3 is 1. The average Bonchev–Trinajstić information content (AvgIpc) is 2.46. The molecule has 1 atom stereocenters. The summed E-state index contributed by atoms with van der Waals surface area (Å²) < 4.78 is 9.90. The first kappa shape index (κ1) is 21.5. The number of amides is 1. The number of alkyl carbamates (subject to hydrolysis) is 1. The second-order valence-electron chi connectivity index (χ2n) is 6.62. The summed E-state index contributed by atoms with van der Waals surface area (Å²) in [5.74, 6) is -0.452. The molecule has 0 spiro atoms. The van der Waals surface area contributed by atoms with E-state index in [4.69, 9.17) is 9.47 Å². The summed E-state index contributed by atoms with van der Waals surface area (Å²) in [5, 5.41) is 2.57. The Labute approximate surface area is 140 Å². The molecular formula is C18H33NO4. The fourth-order valence-electron chi connectivity index (χ4n) is 2.03. The van der Waals surface area contributed by atoms with E-state index in [0.29, 0.717) is 12.8 Å². The number of ether oxygens (including phenoxy) is 2. The standard InChI is InChI=1S/C18H33NO4/c1-6-7-8-9-10-11-12-13-14-15(16(20)22-5)19-17(21)23-18(2,3)4/h11-12,15H,6-10,13-14H2,1-5H3,(H,19,21)/b12-11+. The molecule has 23 heavy (non-hydrogen) atoms. The van der Waals surface area contributed by atoms with E-state index in [9.17, 15) is 9.59 Å². The van der Waals surface area contributed by atoms with Crippen LogP contribution in [0.1, 0.15) is 72.6 Å². The zero-order valence-corrected chi connectivity index (χ0v) is 15.3. The van der Waals surface area contributed by atoms with Crippen LogP contribution in [0.5, 0.6) is 0 Å². The number of carbonyl (C=O) groups excluding carboxylic acids is 2. The third-order valence-electron chi connectivity index (χ3n) is 3.19. The first-order valence-electron chi connectivity index (χ1n) is 8.52. The Balaban J connectivity index is 4.18. The largest absolute Gasteiger partial charge is 0.467 e. The van der Waals surface area contributed by atoms with Crippen molar-refractivity contribution in [1.29, 1.82) is 0 Å². The maximum Gasteiger partial charge on any atom is 0.408 e. The summed E-state index contributed by atoms with van der Waals surface area (Å²) in [6, 6.07) is -0.681. The predicted molar refractivity (Wildman–Crippen MR) is 92.3 cm³/mol. The second-order valence-corrected chi connectivity index (χ2v) is 6.62. The van der Waals surface area contributed by atoms with Gasteiger partial charge in [0.1, 0.15) is 11.6 Å². The normalized spacial score (nSPS) is 12.9. The van der Waals surface area contributed by atoms with E-state index < -0.39 is 23.7 Å². The fourth-order valence-corrected chi connectivity index (χ4v) is 2.03. The fraction of sp³-hybridized carbons (Fsp3) is 0.778. The van der Waals surface area contributed by atoms with Gasteiger partial charge in [0, 0.05) is 0 Å². The molecule has 0 aliphatic heterocycles. The summed E-state index contributed by atoms with van der Waals surface area (Å²) in [5.41, 5.74) is -0.594. The topological polar surface area (TPSA) is 64.6 Å². The molecule has 5 nitrogen and oxygen atoms in total. The van der Waals surface area contributed by atoms with Crippen LogP contribution in [0.15, 0.2) is 12.2 Å². The molecule has 0 aliphatic rings. The molecule has 0 saturated heterocycles. The number of nitrogens with one attached hydrogen (secondary N) is 1. The first-order chi connectivity index (χ1) is 10.8. The third kappa shape index (κ3) is 12.7. The van der Waals surface area contributed by atoms with Crippen molar-refractivity contribution in [1.82, 2.24) is 5.32 Å². The lowest BCUT2D eigenvalue weighted by Gasteiger charge is -2.22. The first-order valence-corrected chi connectivity index (χ1v) is 8.52. The minimum atomic E-state index is -0.681. The molecular weight excluding hydrogens is 294 g/mol. The van der Waals surface area contributed by atoms with E-state index in [2.05, 4.69) is 24.4 Å². The smallest absolute Gasteiger partial charge is 0.408 e. The van der Waals surface area contributed by atoms with Gasteiger partial charge in [-0.2, -0.15) is 0 Å². The summed E-state index contributed by atoms with van der Waals surface area (Å²) in [6.45, 7) is 7.53. The highest BCUT2D eigenvalue weighted by Gasteiger charge is 2.24. The van der Waals surface area contributed by atoms with Crippen LogP contribution >= 0.6 is 0 Å². The van der Waals surface area contributed by atoms with Crippen LogP contribution in [0.2, 0.25) is 0 Å². The minimum Gasteiger partial charge on any atom is -0.467 e. The molecule has 0 heterocycles. The molecule has 134 valence electrons. The molecule has 0 aromatic rings. The number of rotatable bonds is 10. The summed E-state index contributed by atoms with van der Waals surface area (Å²) in [7, 11) is 1.32. The van der Waals surface area contributed by atoms with Crippen LogP contribution in [-0.2, 0) is 14.3 Å².